The van der Waals surface area contributed by atoms with Gasteiger partial charge in [-0.2, -0.15) is 0 Å². The number of aromatic nitrogens is 1. The van der Waals surface area contributed by atoms with Crippen molar-refractivity contribution in [3.05, 3.63) is 29.1 Å². The average Bonchev–Trinajstić information content (AvgIpc) is 2.21. The largest absolute Gasteiger partial charge is 0.466 e. The van der Waals surface area contributed by atoms with Crippen LogP contribution >= 0.6 is 0 Å². The first kappa shape index (κ1) is 12.5. The van der Waals surface area contributed by atoms with E-state index in [0.29, 0.717) is 5.56 Å². The Hall–Kier alpha value is -1.52. The molecule has 0 unspecified atom stereocenters. The van der Waals surface area contributed by atoms with E-state index in [4.69, 9.17) is 4.74 Å². The molecule has 0 aliphatic rings. The highest BCUT2D eigenvalue weighted by Crippen LogP contribution is 2.22. The summed E-state index contributed by atoms with van der Waals surface area (Å²) in [5.74, 6) is -0.437. The fourth-order valence-electron chi connectivity index (χ4n) is 1.29. The molecule has 5 heteroatoms. The standard InChI is InChI=1S/C11H13F2NO2/c1-3-16-10(15)5-8-4-9(11(12)13)7(2)14-6-8/h4,6,11H,3,5H2,1-2H3. The van der Waals surface area contributed by atoms with Gasteiger partial charge >= 0.3 is 5.97 Å². The highest BCUT2D eigenvalue weighted by atomic mass is 19.3. The molecule has 16 heavy (non-hydrogen) atoms. The topological polar surface area (TPSA) is 39.2 Å². The molecule has 0 fully saturated rings. The van der Waals surface area contributed by atoms with E-state index in [0.717, 1.165) is 0 Å². The SMILES string of the molecule is CCOC(=O)Cc1cnc(C)c(C(F)F)c1. The number of pyridine rings is 1. The Morgan fingerprint density at radius 2 is 2.25 bits per heavy atom. The van der Waals surface area contributed by atoms with Crippen molar-refractivity contribution in [1.29, 1.82) is 0 Å². The van der Waals surface area contributed by atoms with Gasteiger partial charge < -0.3 is 4.74 Å². The van der Waals surface area contributed by atoms with Gasteiger partial charge in [-0.3, -0.25) is 9.78 Å². The van der Waals surface area contributed by atoms with Gasteiger partial charge in [0, 0.05) is 17.5 Å². The van der Waals surface area contributed by atoms with Gasteiger partial charge in [-0.25, -0.2) is 8.78 Å². The molecule has 0 spiro atoms. The van der Waals surface area contributed by atoms with Crippen molar-refractivity contribution < 1.29 is 18.3 Å². The summed E-state index contributed by atoms with van der Waals surface area (Å²) < 4.78 is 29.8. The van der Waals surface area contributed by atoms with Gasteiger partial charge in [0.15, 0.2) is 0 Å². The van der Waals surface area contributed by atoms with Gasteiger partial charge in [0.05, 0.1) is 13.0 Å². The van der Waals surface area contributed by atoms with Crippen LogP contribution in [0.15, 0.2) is 12.3 Å². The summed E-state index contributed by atoms with van der Waals surface area (Å²) in [6.07, 6.45) is -1.19. The maximum absolute atomic E-state index is 12.5. The van der Waals surface area contributed by atoms with E-state index >= 15 is 0 Å². The van der Waals surface area contributed by atoms with Crippen LogP contribution in [0.3, 0.4) is 0 Å². The van der Waals surface area contributed by atoms with Crippen molar-refractivity contribution in [2.45, 2.75) is 26.7 Å². The summed E-state index contributed by atoms with van der Waals surface area (Å²) in [5, 5.41) is 0. The number of halogens is 2. The maximum atomic E-state index is 12.5. The number of carbonyl (C=O) groups excluding carboxylic acids is 1. The number of hydrogen-bond donors (Lipinski definition) is 0. The van der Waals surface area contributed by atoms with Crippen molar-refractivity contribution in [3.8, 4) is 0 Å². The third-order valence-electron chi connectivity index (χ3n) is 2.07. The predicted molar refractivity (Wildman–Crippen MR) is 54.3 cm³/mol. The first-order chi connectivity index (χ1) is 7.54. The van der Waals surface area contributed by atoms with Crippen LogP contribution in [-0.2, 0) is 16.0 Å². The van der Waals surface area contributed by atoms with Crippen molar-refractivity contribution in [3.63, 3.8) is 0 Å². The normalized spacial score (nSPS) is 10.6. The summed E-state index contributed by atoms with van der Waals surface area (Å²) in [7, 11) is 0. The van der Waals surface area contributed by atoms with Crippen LogP contribution in [0.25, 0.3) is 0 Å². The molecular weight excluding hydrogens is 216 g/mol. The van der Waals surface area contributed by atoms with E-state index in [9.17, 15) is 13.6 Å². The zero-order valence-corrected chi connectivity index (χ0v) is 9.17. The van der Waals surface area contributed by atoms with Crippen LogP contribution in [0, 0.1) is 6.92 Å². The molecule has 0 saturated heterocycles. The molecule has 0 aromatic carbocycles. The lowest BCUT2D eigenvalue weighted by molar-refractivity contribution is -0.142. The lowest BCUT2D eigenvalue weighted by Crippen LogP contribution is -2.08. The van der Waals surface area contributed by atoms with Crippen LogP contribution < -0.4 is 0 Å². The summed E-state index contributed by atoms with van der Waals surface area (Å²) in [6, 6.07) is 1.30. The molecule has 0 saturated carbocycles. The Bertz CT molecular complexity index is 380. The highest BCUT2D eigenvalue weighted by molar-refractivity contribution is 5.72. The Balaban J connectivity index is 2.82. The molecule has 0 aliphatic heterocycles. The zero-order chi connectivity index (χ0) is 12.1. The van der Waals surface area contributed by atoms with E-state index < -0.39 is 12.4 Å². The Morgan fingerprint density at radius 3 is 2.81 bits per heavy atom. The molecular formula is C11H13F2NO2. The van der Waals surface area contributed by atoms with Crippen LogP contribution in [0.2, 0.25) is 0 Å². The van der Waals surface area contributed by atoms with Gasteiger partial charge in [-0.15, -0.1) is 0 Å². The number of alkyl halides is 2. The van der Waals surface area contributed by atoms with Gasteiger partial charge in [0.25, 0.3) is 6.43 Å². The predicted octanol–water partition coefficient (Wildman–Crippen LogP) is 2.43. The molecule has 0 atom stereocenters. The van der Waals surface area contributed by atoms with Crippen molar-refractivity contribution in [1.82, 2.24) is 4.98 Å². The minimum atomic E-state index is -2.57. The molecule has 1 aromatic heterocycles. The van der Waals surface area contributed by atoms with Crippen LogP contribution in [0.1, 0.15) is 30.2 Å². The third kappa shape index (κ3) is 3.25. The Labute approximate surface area is 92.4 Å². The monoisotopic (exact) mass is 229 g/mol. The lowest BCUT2D eigenvalue weighted by atomic mass is 10.1. The number of hydrogen-bond acceptors (Lipinski definition) is 3. The average molecular weight is 229 g/mol. The van der Waals surface area contributed by atoms with Gasteiger partial charge in [-0.1, -0.05) is 0 Å². The Morgan fingerprint density at radius 1 is 1.56 bits per heavy atom. The molecule has 0 amide bonds. The quantitative estimate of drug-likeness (QED) is 0.744. The van der Waals surface area contributed by atoms with Crippen LogP contribution in [-0.4, -0.2) is 17.6 Å². The number of nitrogens with zero attached hydrogens (tertiary/aromatic N) is 1. The second kappa shape index (κ2) is 5.53. The second-order valence-corrected chi connectivity index (χ2v) is 3.30. The van der Waals surface area contributed by atoms with Gasteiger partial charge in [0.1, 0.15) is 0 Å². The van der Waals surface area contributed by atoms with E-state index in [1.807, 2.05) is 0 Å². The zero-order valence-electron chi connectivity index (χ0n) is 9.17. The van der Waals surface area contributed by atoms with Crippen molar-refractivity contribution in [2.24, 2.45) is 0 Å². The number of carbonyl (C=O) groups is 1. The minimum absolute atomic E-state index is 0.0269. The number of ether oxygens (including phenoxy) is 1. The van der Waals surface area contributed by atoms with Gasteiger partial charge in [-0.05, 0) is 25.5 Å². The lowest BCUT2D eigenvalue weighted by Gasteiger charge is -2.07. The molecule has 1 aromatic rings. The summed E-state index contributed by atoms with van der Waals surface area (Å²) in [4.78, 5) is 15.0. The van der Waals surface area contributed by atoms with E-state index in [1.54, 1.807) is 6.92 Å². The van der Waals surface area contributed by atoms with E-state index in [-0.39, 0.29) is 24.3 Å². The summed E-state index contributed by atoms with van der Waals surface area (Å²) in [6.45, 7) is 3.48. The molecule has 1 rings (SSSR count). The number of aryl methyl sites for hydroxylation is 1. The Kier molecular flexibility index (Phi) is 4.34. The molecule has 0 radical (unpaired) electrons. The fraction of sp³-hybridized carbons (Fsp3) is 0.455. The van der Waals surface area contributed by atoms with Crippen molar-refractivity contribution >= 4 is 5.97 Å². The summed E-state index contributed by atoms with van der Waals surface area (Å²) in [5.41, 5.74) is 0.587. The van der Waals surface area contributed by atoms with E-state index in [2.05, 4.69) is 4.98 Å². The molecule has 0 N–H and O–H groups in total. The van der Waals surface area contributed by atoms with Crippen LogP contribution in [0.5, 0.6) is 0 Å². The molecule has 1 heterocycles. The van der Waals surface area contributed by atoms with Gasteiger partial charge in [0.2, 0.25) is 0 Å². The third-order valence-corrected chi connectivity index (χ3v) is 2.07. The molecule has 88 valence electrons. The first-order valence-electron chi connectivity index (χ1n) is 4.93. The van der Waals surface area contributed by atoms with E-state index in [1.165, 1.54) is 19.2 Å². The molecule has 3 nitrogen and oxygen atoms in total. The maximum Gasteiger partial charge on any atom is 0.310 e. The van der Waals surface area contributed by atoms with Crippen molar-refractivity contribution in [2.75, 3.05) is 6.61 Å². The number of esters is 1. The fourth-order valence-corrected chi connectivity index (χ4v) is 1.29. The smallest absolute Gasteiger partial charge is 0.310 e. The second-order valence-electron chi connectivity index (χ2n) is 3.30. The molecule has 0 bridgehead atoms. The minimum Gasteiger partial charge on any atom is -0.466 e. The first-order valence-corrected chi connectivity index (χ1v) is 4.93. The number of rotatable bonds is 4. The highest BCUT2D eigenvalue weighted by Gasteiger charge is 2.13. The van der Waals surface area contributed by atoms with Crippen LogP contribution in [0.4, 0.5) is 8.78 Å². The molecule has 0 aliphatic carbocycles. The summed E-state index contributed by atoms with van der Waals surface area (Å²) >= 11 is 0.